The highest BCUT2D eigenvalue weighted by Crippen LogP contribution is 2.46. The highest BCUT2D eigenvalue weighted by atomic mass is 35.5. The molecule has 0 saturated carbocycles. The molecule has 0 spiro atoms. The van der Waals surface area contributed by atoms with Crippen LogP contribution >= 0.6 is 11.6 Å². The Hall–Kier alpha value is -2.32. The second-order valence-corrected chi connectivity index (χ2v) is 6.70. The van der Waals surface area contributed by atoms with Crippen LogP contribution in [0.3, 0.4) is 0 Å². The van der Waals surface area contributed by atoms with Gasteiger partial charge in [0, 0.05) is 19.0 Å². The molecule has 6 nitrogen and oxygen atoms in total. The van der Waals surface area contributed by atoms with Crippen LogP contribution in [0.5, 0.6) is 0 Å². The summed E-state index contributed by atoms with van der Waals surface area (Å²) in [6.07, 6.45) is -3.55. The van der Waals surface area contributed by atoms with Crippen molar-refractivity contribution >= 4 is 29.0 Å². The van der Waals surface area contributed by atoms with Crippen molar-refractivity contribution in [2.45, 2.75) is 31.1 Å². The average Bonchev–Trinajstić information content (AvgIpc) is 3.04. The number of aromatic nitrogens is 2. The van der Waals surface area contributed by atoms with E-state index >= 15 is 0 Å². The lowest BCUT2D eigenvalue weighted by Gasteiger charge is -2.41. The van der Waals surface area contributed by atoms with Crippen LogP contribution in [-0.2, 0) is 16.1 Å². The number of nitrogens with zero attached hydrogens (tertiary/aromatic N) is 3. The molecule has 1 aromatic carbocycles. The van der Waals surface area contributed by atoms with Crippen LogP contribution in [0.25, 0.3) is 0 Å². The lowest BCUT2D eigenvalue weighted by Crippen LogP contribution is -2.61. The Kier molecular flexibility index (Phi) is 4.24. The topological polar surface area (TPSA) is 67.4 Å². The van der Waals surface area contributed by atoms with E-state index in [9.17, 15) is 13.6 Å². The van der Waals surface area contributed by atoms with Gasteiger partial charge in [-0.1, -0.05) is 41.9 Å². The maximum Gasteiger partial charge on any atom is 0.270 e. The Morgan fingerprint density at radius 3 is 2.85 bits per heavy atom. The van der Waals surface area contributed by atoms with E-state index in [1.807, 2.05) is 30.3 Å². The SMILES string of the molecule is O=C1Nc2nnc(Cl)cc2N2CC(OCc3ccccc3)CC12C(F)F. The van der Waals surface area contributed by atoms with E-state index in [4.69, 9.17) is 16.3 Å². The Balaban J connectivity index is 1.63. The van der Waals surface area contributed by atoms with Crippen molar-refractivity contribution < 1.29 is 18.3 Å². The van der Waals surface area contributed by atoms with Gasteiger partial charge in [0.15, 0.2) is 16.5 Å². The number of benzene rings is 1. The molecule has 136 valence electrons. The zero-order valence-corrected chi connectivity index (χ0v) is 14.3. The van der Waals surface area contributed by atoms with Crippen LogP contribution in [-0.4, -0.2) is 40.7 Å². The first kappa shape index (κ1) is 17.1. The highest BCUT2D eigenvalue weighted by Gasteiger charge is 2.61. The minimum absolute atomic E-state index is 0.0664. The molecule has 1 fully saturated rings. The third-order valence-corrected chi connectivity index (χ3v) is 4.94. The van der Waals surface area contributed by atoms with Gasteiger partial charge in [0.1, 0.15) is 0 Å². The molecule has 0 radical (unpaired) electrons. The first-order valence-electron chi connectivity index (χ1n) is 8.06. The summed E-state index contributed by atoms with van der Waals surface area (Å²) in [5.41, 5.74) is -0.737. The van der Waals surface area contributed by atoms with Gasteiger partial charge in [-0.3, -0.25) is 4.79 Å². The standard InChI is InChI=1S/C17H15ClF2N4O2/c18-13-6-12-14(23-22-13)21-16(25)17(15(19)20)7-11(8-24(12)17)26-9-10-4-2-1-3-5-10/h1-6,11,15H,7-9H2,(H,21,23,25). The number of fused-ring (bicyclic) bond motifs is 3. The molecule has 4 rings (SSSR count). The lowest BCUT2D eigenvalue weighted by atomic mass is 9.92. The van der Waals surface area contributed by atoms with Crippen molar-refractivity contribution in [1.29, 1.82) is 0 Å². The van der Waals surface area contributed by atoms with Crippen molar-refractivity contribution in [3.8, 4) is 0 Å². The van der Waals surface area contributed by atoms with Gasteiger partial charge in [0.05, 0.1) is 18.4 Å². The summed E-state index contributed by atoms with van der Waals surface area (Å²) in [5.74, 6) is -0.679. The van der Waals surface area contributed by atoms with Crippen LogP contribution in [0.2, 0.25) is 5.15 Å². The number of amides is 1. The summed E-state index contributed by atoms with van der Waals surface area (Å²) >= 11 is 5.87. The van der Waals surface area contributed by atoms with Crippen LogP contribution in [0, 0.1) is 0 Å². The number of hydrogen-bond acceptors (Lipinski definition) is 5. The predicted molar refractivity (Wildman–Crippen MR) is 91.4 cm³/mol. The number of anilines is 2. The number of alkyl halides is 2. The van der Waals surface area contributed by atoms with Crippen LogP contribution in [0.15, 0.2) is 36.4 Å². The number of carbonyl (C=O) groups excluding carboxylic acids is 1. The van der Waals surface area contributed by atoms with E-state index in [-0.39, 0.29) is 30.5 Å². The molecule has 2 aliphatic rings. The predicted octanol–water partition coefficient (Wildman–Crippen LogP) is 2.88. The molecule has 9 heteroatoms. The molecule has 1 amide bonds. The Labute approximate surface area is 153 Å². The Bertz CT molecular complexity index is 839. The van der Waals surface area contributed by atoms with Gasteiger partial charge in [-0.15, -0.1) is 10.2 Å². The second kappa shape index (κ2) is 6.44. The molecule has 0 aliphatic carbocycles. The Morgan fingerprint density at radius 1 is 1.35 bits per heavy atom. The minimum Gasteiger partial charge on any atom is -0.372 e. The monoisotopic (exact) mass is 380 g/mol. The quantitative estimate of drug-likeness (QED) is 0.883. The molecule has 2 atom stereocenters. The average molecular weight is 381 g/mol. The molecule has 2 aliphatic heterocycles. The number of carbonyl (C=O) groups is 1. The fraction of sp³-hybridized carbons (Fsp3) is 0.353. The maximum atomic E-state index is 14.0. The largest absolute Gasteiger partial charge is 0.372 e. The lowest BCUT2D eigenvalue weighted by molar-refractivity contribution is -0.127. The molecule has 1 saturated heterocycles. The summed E-state index contributed by atoms with van der Waals surface area (Å²) in [6, 6.07) is 10.9. The van der Waals surface area contributed by atoms with Crippen LogP contribution < -0.4 is 10.2 Å². The van der Waals surface area contributed by atoms with E-state index in [2.05, 4.69) is 15.5 Å². The molecular formula is C17H15ClF2N4O2. The smallest absolute Gasteiger partial charge is 0.270 e. The van der Waals surface area contributed by atoms with E-state index in [1.54, 1.807) is 0 Å². The minimum atomic E-state index is -2.90. The normalized spacial score (nSPS) is 24.4. The van der Waals surface area contributed by atoms with Gasteiger partial charge in [-0.2, -0.15) is 0 Å². The van der Waals surface area contributed by atoms with E-state index in [1.165, 1.54) is 11.0 Å². The van der Waals surface area contributed by atoms with Crippen molar-refractivity contribution in [3.05, 3.63) is 47.1 Å². The zero-order chi connectivity index (χ0) is 18.3. The van der Waals surface area contributed by atoms with Gasteiger partial charge >= 0.3 is 0 Å². The summed E-state index contributed by atoms with van der Waals surface area (Å²) < 4.78 is 33.9. The molecule has 0 bridgehead atoms. The maximum absolute atomic E-state index is 14.0. The number of ether oxygens (including phenoxy) is 1. The van der Waals surface area contributed by atoms with Crippen molar-refractivity contribution in [3.63, 3.8) is 0 Å². The van der Waals surface area contributed by atoms with Crippen LogP contribution in [0.4, 0.5) is 20.3 Å². The highest BCUT2D eigenvalue weighted by molar-refractivity contribution is 6.29. The first-order chi connectivity index (χ1) is 12.5. The molecule has 2 aromatic rings. The number of nitrogens with one attached hydrogen (secondary N) is 1. The zero-order valence-electron chi connectivity index (χ0n) is 13.5. The first-order valence-corrected chi connectivity index (χ1v) is 8.44. The second-order valence-electron chi connectivity index (χ2n) is 6.31. The van der Waals surface area contributed by atoms with Crippen molar-refractivity contribution in [2.75, 3.05) is 16.8 Å². The van der Waals surface area contributed by atoms with Gasteiger partial charge in [-0.25, -0.2) is 8.78 Å². The molecule has 26 heavy (non-hydrogen) atoms. The van der Waals surface area contributed by atoms with Crippen molar-refractivity contribution in [2.24, 2.45) is 0 Å². The molecule has 1 N–H and O–H groups in total. The van der Waals surface area contributed by atoms with Crippen LogP contribution in [0.1, 0.15) is 12.0 Å². The molecule has 2 unspecified atom stereocenters. The van der Waals surface area contributed by atoms with E-state index in [0.717, 1.165) is 5.56 Å². The molecule has 3 heterocycles. The number of halogens is 3. The third kappa shape index (κ3) is 2.69. The molecular weight excluding hydrogens is 366 g/mol. The Morgan fingerprint density at radius 2 is 2.12 bits per heavy atom. The summed E-state index contributed by atoms with van der Waals surface area (Å²) in [5, 5.41) is 9.95. The third-order valence-electron chi connectivity index (χ3n) is 4.76. The van der Waals surface area contributed by atoms with Crippen molar-refractivity contribution in [1.82, 2.24) is 10.2 Å². The summed E-state index contributed by atoms with van der Waals surface area (Å²) in [6.45, 7) is 0.419. The summed E-state index contributed by atoms with van der Waals surface area (Å²) in [4.78, 5) is 13.9. The fourth-order valence-corrected chi connectivity index (χ4v) is 3.63. The summed E-state index contributed by atoms with van der Waals surface area (Å²) in [7, 11) is 0. The number of rotatable bonds is 4. The van der Waals surface area contributed by atoms with E-state index < -0.39 is 24.0 Å². The molecule has 1 aromatic heterocycles. The number of hydrogen-bond donors (Lipinski definition) is 1. The van der Waals surface area contributed by atoms with E-state index in [0.29, 0.717) is 5.69 Å². The van der Waals surface area contributed by atoms with Gasteiger partial charge < -0.3 is 15.0 Å². The van der Waals surface area contributed by atoms with Gasteiger partial charge in [-0.05, 0) is 5.56 Å². The fourth-order valence-electron chi connectivity index (χ4n) is 3.49. The van der Waals surface area contributed by atoms with Gasteiger partial charge in [0.25, 0.3) is 12.3 Å². The van der Waals surface area contributed by atoms with Gasteiger partial charge in [0.2, 0.25) is 0 Å².